The van der Waals surface area contributed by atoms with Crippen LogP contribution in [0, 0.1) is 0 Å². The fourth-order valence-corrected chi connectivity index (χ4v) is 2.90. The Kier molecular flexibility index (Phi) is 5.27. The summed E-state index contributed by atoms with van der Waals surface area (Å²) in [6, 6.07) is 1.14. The molecule has 2 saturated heterocycles. The first-order chi connectivity index (χ1) is 9.44. The molecule has 0 radical (unpaired) electrons. The lowest BCUT2D eigenvalue weighted by Crippen LogP contribution is -2.41. The normalized spacial score (nSPS) is 28.2. The van der Waals surface area contributed by atoms with Crippen LogP contribution < -0.4 is 10.6 Å². The van der Waals surface area contributed by atoms with E-state index in [1.807, 2.05) is 25.7 Å². The van der Waals surface area contributed by atoms with Gasteiger partial charge >= 0.3 is 6.09 Å². The molecule has 2 atom stereocenters. The third-order valence-electron chi connectivity index (χ3n) is 3.91. The largest absolute Gasteiger partial charge is 0.444 e. The van der Waals surface area contributed by atoms with E-state index in [0.717, 1.165) is 45.4 Å². The molecule has 0 aromatic rings. The second kappa shape index (κ2) is 6.76. The van der Waals surface area contributed by atoms with E-state index in [1.54, 1.807) is 0 Å². The van der Waals surface area contributed by atoms with Gasteiger partial charge in [0.15, 0.2) is 0 Å². The molecule has 2 unspecified atom stereocenters. The van der Waals surface area contributed by atoms with Gasteiger partial charge in [-0.2, -0.15) is 0 Å². The van der Waals surface area contributed by atoms with Gasteiger partial charge in [0.25, 0.3) is 0 Å². The molecule has 2 heterocycles. The predicted molar refractivity (Wildman–Crippen MR) is 79.9 cm³/mol. The van der Waals surface area contributed by atoms with Crippen LogP contribution >= 0.6 is 0 Å². The van der Waals surface area contributed by atoms with Crippen LogP contribution in [0.25, 0.3) is 0 Å². The average molecular weight is 283 g/mol. The van der Waals surface area contributed by atoms with Crippen LogP contribution in [0.15, 0.2) is 0 Å². The van der Waals surface area contributed by atoms with Gasteiger partial charge in [-0.1, -0.05) is 0 Å². The maximum Gasteiger partial charge on any atom is 0.410 e. The summed E-state index contributed by atoms with van der Waals surface area (Å²) in [6.07, 6.45) is 4.27. The van der Waals surface area contributed by atoms with Crippen molar-refractivity contribution in [1.29, 1.82) is 0 Å². The summed E-state index contributed by atoms with van der Waals surface area (Å²) in [7, 11) is 0. The molecule has 5 nitrogen and oxygen atoms in total. The maximum atomic E-state index is 12.1. The average Bonchev–Trinajstić information content (AvgIpc) is 2.72. The third-order valence-corrected chi connectivity index (χ3v) is 3.91. The molecule has 116 valence electrons. The van der Waals surface area contributed by atoms with Crippen LogP contribution in [0.5, 0.6) is 0 Å². The van der Waals surface area contributed by atoms with Crippen LogP contribution in [-0.2, 0) is 4.74 Å². The van der Waals surface area contributed by atoms with E-state index in [1.165, 1.54) is 6.42 Å². The van der Waals surface area contributed by atoms with Gasteiger partial charge in [-0.3, -0.25) is 0 Å². The van der Waals surface area contributed by atoms with Crippen molar-refractivity contribution >= 4 is 6.09 Å². The van der Waals surface area contributed by atoms with Crippen molar-refractivity contribution in [2.45, 2.75) is 64.1 Å². The second-order valence-corrected chi connectivity index (χ2v) is 6.95. The standard InChI is InChI=1S/C15H29N3O2/c1-15(2,3)20-14(19)18-9-4-5-12(7-10-18)17-13-6-8-16-11-13/h12-13,16-17H,4-11H2,1-3H3. The number of nitrogens with one attached hydrogen (secondary N) is 2. The topological polar surface area (TPSA) is 53.6 Å². The summed E-state index contributed by atoms with van der Waals surface area (Å²) in [6.45, 7) is 9.56. The van der Waals surface area contributed by atoms with E-state index in [4.69, 9.17) is 4.74 Å². The zero-order valence-corrected chi connectivity index (χ0v) is 13.1. The van der Waals surface area contributed by atoms with Gasteiger partial charge in [-0.25, -0.2) is 4.79 Å². The smallest absolute Gasteiger partial charge is 0.410 e. The number of carbonyl (C=O) groups is 1. The zero-order chi connectivity index (χ0) is 14.6. The van der Waals surface area contributed by atoms with Gasteiger partial charge in [0.1, 0.15) is 5.60 Å². The van der Waals surface area contributed by atoms with Gasteiger partial charge in [-0.05, 0) is 53.0 Å². The Bertz CT molecular complexity index is 322. The Hall–Kier alpha value is -0.810. The molecule has 0 aromatic heterocycles. The summed E-state index contributed by atoms with van der Waals surface area (Å²) in [4.78, 5) is 14.0. The SMILES string of the molecule is CC(C)(C)OC(=O)N1CCCC(NC2CCNC2)CC1. The fourth-order valence-electron chi connectivity index (χ4n) is 2.90. The van der Waals surface area contributed by atoms with Gasteiger partial charge in [0, 0.05) is 31.7 Å². The Morgan fingerprint density at radius 3 is 2.65 bits per heavy atom. The minimum absolute atomic E-state index is 0.166. The third kappa shape index (κ3) is 4.94. The number of hydrogen-bond donors (Lipinski definition) is 2. The molecule has 0 spiro atoms. The zero-order valence-electron chi connectivity index (χ0n) is 13.1. The number of ether oxygens (including phenoxy) is 1. The van der Waals surface area contributed by atoms with Gasteiger partial charge in [0.2, 0.25) is 0 Å². The van der Waals surface area contributed by atoms with Crippen LogP contribution in [-0.4, -0.2) is 54.9 Å². The van der Waals surface area contributed by atoms with E-state index in [9.17, 15) is 4.79 Å². The van der Waals surface area contributed by atoms with E-state index < -0.39 is 5.60 Å². The van der Waals surface area contributed by atoms with E-state index in [0.29, 0.717) is 12.1 Å². The molecule has 5 heteroatoms. The molecule has 20 heavy (non-hydrogen) atoms. The molecule has 2 rings (SSSR count). The molecule has 2 N–H and O–H groups in total. The van der Waals surface area contributed by atoms with E-state index in [-0.39, 0.29) is 6.09 Å². The lowest BCUT2D eigenvalue weighted by molar-refractivity contribution is 0.0256. The monoisotopic (exact) mass is 283 g/mol. The highest BCUT2D eigenvalue weighted by Crippen LogP contribution is 2.16. The van der Waals surface area contributed by atoms with Gasteiger partial charge in [-0.15, -0.1) is 0 Å². The molecule has 0 aromatic carbocycles. The molecule has 2 fully saturated rings. The summed E-state index contributed by atoms with van der Waals surface area (Å²) in [5, 5.41) is 7.11. The quantitative estimate of drug-likeness (QED) is 0.810. The molecular weight excluding hydrogens is 254 g/mol. The van der Waals surface area contributed by atoms with Gasteiger partial charge < -0.3 is 20.3 Å². The Labute approximate surface area is 122 Å². The van der Waals surface area contributed by atoms with Crippen molar-refractivity contribution in [2.24, 2.45) is 0 Å². The Morgan fingerprint density at radius 2 is 2.00 bits per heavy atom. The number of carbonyl (C=O) groups excluding carboxylic acids is 1. The second-order valence-electron chi connectivity index (χ2n) is 6.95. The van der Waals surface area contributed by atoms with Crippen molar-refractivity contribution in [3.8, 4) is 0 Å². The van der Waals surface area contributed by atoms with Crippen LogP contribution in [0.2, 0.25) is 0 Å². The molecular formula is C15H29N3O2. The predicted octanol–water partition coefficient (Wildman–Crippen LogP) is 1.73. The molecule has 0 aliphatic carbocycles. The van der Waals surface area contributed by atoms with Crippen molar-refractivity contribution in [1.82, 2.24) is 15.5 Å². The summed E-state index contributed by atoms with van der Waals surface area (Å²) >= 11 is 0. The van der Waals surface area contributed by atoms with Crippen LogP contribution in [0.3, 0.4) is 0 Å². The number of likely N-dealkylation sites (tertiary alicyclic amines) is 1. The first-order valence-electron chi connectivity index (χ1n) is 7.89. The van der Waals surface area contributed by atoms with Crippen molar-refractivity contribution in [3.05, 3.63) is 0 Å². The minimum atomic E-state index is -0.406. The van der Waals surface area contributed by atoms with Crippen molar-refractivity contribution in [3.63, 3.8) is 0 Å². The summed E-state index contributed by atoms with van der Waals surface area (Å²) in [5.41, 5.74) is -0.406. The van der Waals surface area contributed by atoms with Crippen LogP contribution in [0.4, 0.5) is 4.79 Å². The number of rotatable bonds is 2. The molecule has 2 aliphatic rings. The van der Waals surface area contributed by atoms with Crippen molar-refractivity contribution in [2.75, 3.05) is 26.2 Å². The number of hydrogen-bond acceptors (Lipinski definition) is 4. The Morgan fingerprint density at radius 1 is 1.20 bits per heavy atom. The summed E-state index contributed by atoms with van der Waals surface area (Å²) in [5.74, 6) is 0. The number of nitrogens with zero attached hydrogens (tertiary/aromatic N) is 1. The van der Waals surface area contributed by atoms with Crippen LogP contribution in [0.1, 0.15) is 46.5 Å². The fraction of sp³-hybridized carbons (Fsp3) is 0.933. The maximum absolute atomic E-state index is 12.1. The van der Waals surface area contributed by atoms with Crippen molar-refractivity contribution < 1.29 is 9.53 Å². The highest BCUT2D eigenvalue weighted by Gasteiger charge is 2.26. The minimum Gasteiger partial charge on any atom is -0.444 e. The molecule has 0 saturated carbocycles. The first kappa shape index (κ1) is 15.6. The Balaban J connectivity index is 1.77. The van der Waals surface area contributed by atoms with Gasteiger partial charge in [0.05, 0.1) is 0 Å². The highest BCUT2D eigenvalue weighted by atomic mass is 16.6. The molecule has 1 amide bonds. The highest BCUT2D eigenvalue weighted by molar-refractivity contribution is 5.68. The van der Waals surface area contributed by atoms with E-state index >= 15 is 0 Å². The van der Waals surface area contributed by atoms with E-state index in [2.05, 4.69) is 10.6 Å². The lowest BCUT2D eigenvalue weighted by atomic mass is 10.1. The lowest BCUT2D eigenvalue weighted by Gasteiger charge is -2.26. The molecule has 2 aliphatic heterocycles. The molecule has 0 bridgehead atoms. The first-order valence-corrected chi connectivity index (χ1v) is 7.89. The summed E-state index contributed by atoms with van der Waals surface area (Å²) < 4.78 is 5.46. The number of amides is 1.